The monoisotopic (exact) mass is 236 g/mol. The summed E-state index contributed by atoms with van der Waals surface area (Å²) in [6.45, 7) is 0. The van der Waals surface area contributed by atoms with Crippen LogP contribution in [0.2, 0.25) is 0 Å². The van der Waals surface area contributed by atoms with E-state index in [0.29, 0.717) is 12.0 Å². The van der Waals surface area contributed by atoms with E-state index >= 15 is 0 Å². The second-order valence-corrected chi connectivity index (χ2v) is 3.85. The highest BCUT2D eigenvalue weighted by atomic mass is 19.1. The third-order valence-electron chi connectivity index (χ3n) is 2.43. The van der Waals surface area contributed by atoms with Gasteiger partial charge in [0.15, 0.2) is 0 Å². The Morgan fingerprint density at radius 3 is 2.35 bits per heavy atom. The number of rotatable bonds is 2. The molecule has 1 aromatic carbocycles. The van der Waals surface area contributed by atoms with Crippen LogP contribution in [0.15, 0.2) is 48.1 Å². The van der Waals surface area contributed by atoms with Crippen molar-refractivity contribution in [3.05, 3.63) is 65.3 Å². The van der Waals surface area contributed by atoms with Gasteiger partial charge in [0.25, 0.3) is 0 Å². The van der Waals surface area contributed by atoms with Crippen molar-refractivity contribution in [2.45, 2.75) is 12.6 Å². The normalized spacial score (nSPS) is 19.7. The molecule has 0 N–H and O–H groups in total. The highest BCUT2D eigenvalue weighted by Crippen LogP contribution is 2.16. The lowest BCUT2D eigenvalue weighted by molar-refractivity contribution is 0.401. The van der Waals surface area contributed by atoms with Crippen LogP contribution in [0.25, 0.3) is 6.08 Å². The van der Waals surface area contributed by atoms with Crippen LogP contribution in [-0.4, -0.2) is 6.17 Å². The van der Waals surface area contributed by atoms with Gasteiger partial charge < -0.3 is 0 Å². The first-order valence-corrected chi connectivity index (χ1v) is 5.30. The SMILES string of the molecule is Fc1cc(F)cc(/C=C/C2=CCC(F)C=C2)c1. The Morgan fingerprint density at radius 2 is 1.76 bits per heavy atom. The molecule has 0 radical (unpaired) electrons. The van der Waals surface area contributed by atoms with E-state index < -0.39 is 17.8 Å². The highest BCUT2D eigenvalue weighted by Gasteiger charge is 2.04. The van der Waals surface area contributed by atoms with E-state index in [0.717, 1.165) is 11.6 Å². The summed E-state index contributed by atoms with van der Waals surface area (Å²) in [5, 5.41) is 0. The van der Waals surface area contributed by atoms with Crippen molar-refractivity contribution >= 4 is 6.08 Å². The van der Waals surface area contributed by atoms with Crippen LogP contribution in [0.3, 0.4) is 0 Å². The number of hydrogen-bond acceptors (Lipinski definition) is 0. The maximum Gasteiger partial charge on any atom is 0.126 e. The first-order valence-electron chi connectivity index (χ1n) is 5.30. The molecule has 2 rings (SSSR count). The molecule has 1 aliphatic rings. The summed E-state index contributed by atoms with van der Waals surface area (Å²) in [6, 6.07) is 3.31. The van der Waals surface area contributed by atoms with Gasteiger partial charge in [-0.3, -0.25) is 0 Å². The van der Waals surface area contributed by atoms with Gasteiger partial charge in [-0.1, -0.05) is 24.3 Å². The van der Waals surface area contributed by atoms with Gasteiger partial charge in [0.05, 0.1) is 0 Å². The van der Waals surface area contributed by atoms with E-state index in [1.807, 2.05) is 0 Å². The summed E-state index contributed by atoms with van der Waals surface area (Å²) in [5.41, 5.74) is 1.28. The molecule has 1 atom stereocenters. The van der Waals surface area contributed by atoms with Crippen LogP contribution < -0.4 is 0 Å². The van der Waals surface area contributed by atoms with Crippen molar-refractivity contribution in [3.63, 3.8) is 0 Å². The van der Waals surface area contributed by atoms with E-state index in [4.69, 9.17) is 0 Å². The molecule has 1 aromatic rings. The first-order chi connectivity index (χ1) is 8.13. The molecular weight excluding hydrogens is 225 g/mol. The molecule has 0 heterocycles. The van der Waals surface area contributed by atoms with Gasteiger partial charge in [0.1, 0.15) is 17.8 Å². The Morgan fingerprint density at radius 1 is 1.06 bits per heavy atom. The van der Waals surface area contributed by atoms with Crippen molar-refractivity contribution in [2.75, 3.05) is 0 Å². The Kier molecular flexibility index (Phi) is 3.47. The van der Waals surface area contributed by atoms with Crippen molar-refractivity contribution in [2.24, 2.45) is 0 Å². The summed E-state index contributed by atoms with van der Waals surface area (Å²) in [7, 11) is 0. The molecule has 0 saturated heterocycles. The number of halogens is 3. The molecule has 0 nitrogen and oxygen atoms in total. The second kappa shape index (κ2) is 5.04. The van der Waals surface area contributed by atoms with Gasteiger partial charge in [-0.05, 0) is 29.3 Å². The Balaban J connectivity index is 2.13. The smallest absolute Gasteiger partial charge is 0.126 e. The van der Waals surface area contributed by atoms with Crippen LogP contribution in [0.4, 0.5) is 13.2 Å². The highest BCUT2D eigenvalue weighted by molar-refractivity contribution is 5.55. The van der Waals surface area contributed by atoms with Crippen molar-refractivity contribution in [1.29, 1.82) is 0 Å². The maximum absolute atomic E-state index is 12.9. The fourth-order valence-electron chi connectivity index (χ4n) is 1.60. The maximum atomic E-state index is 12.9. The number of alkyl halides is 1. The van der Waals surface area contributed by atoms with E-state index in [1.165, 1.54) is 18.2 Å². The quantitative estimate of drug-likeness (QED) is 0.721. The molecule has 0 amide bonds. The Labute approximate surface area is 97.8 Å². The summed E-state index contributed by atoms with van der Waals surface area (Å²) >= 11 is 0. The van der Waals surface area contributed by atoms with Gasteiger partial charge in [-0.15, -0.1) is 0 Å². The molecule has 0 aromatic heterocycles. The largest absolute Gasteiger partial charge is 0.243 e. The number of hydrogen-bond donors (Lipinski definition) is 0. The van der Waals surface area contributed by atoms with Crippen molar-refractivity contribution in [3.8, 4) is 0 Å². The average molecular weight is 236 g/mol. The molecule has 17 heavy (non-hydrogen) atoms. The minimum Gasteiger partial charge on any atom is -0.243 e. The third-order valence-corrected chi connectivity index (χ3v) is 2.43. The summed E-state index contributed by atoms with van der Waals surface area (Å²) in [5.74, 6) is -1.22. The van der Waals surface area contributed by atoms with Gasteiger partial charge in [0.2, 0.25) is 0 Å². The summed E-state index contributed by atoms with van der Waals surface area (Å²) < 4.78 is 38.6. The van der Waals surface area contributed by atoms with E-state index in [1.54, 1.807) is 24.3 Å². The van der Waals surface area contributed by atoms with E-state index in [-0.39, 0.29) is 0 Å². The topological polar surface area (TPSA) is 0 Å². The van der Waals surface area contributed by atoms with E-state index in [2.05, 4.69) is 0 Å². The Bertz CT molecular complexity index is 478. The molecule has 0 aliphatic heterocycles. The number of allylic oxidation sites excluding steroid dienone is 5. The molecule has 0 spiro atoms. The standard InChI is InChI=1S/C14H11F3/c15-12-5-3-10(4-6-12)1-2-11-7-13(16)9-14(17)8-11/h1-5,7-9,12H,6H2/b2-1+. The van der Waals surface area contributed by atoms with Gasteiger partial charge in [-0.2, -0.15) is 0 Å². The first kappa shape index (κ1) is 11.7. The molecule has 1 unspecified atom stereocenters. The number of benzene rings is 1. The molecule has 0 fully saturated rings. The fourth-order valence-corrected chi connectivity index (χ4v) is 1.60. The average Bonchev–Trinajstić information content (AvgIpc) is 2.27. The third kappa shape index (κ3) is 3.34. The van der Waals surface area contributed by atoms with E-state index in [9.17, 15) is 13.2 Å². The van der Waals surface area contributed by atoms with Crippen molar-refractivity contribution < 1.29 is 13.2 Å². The lowest BCUT2D eigenvalue weighted by Gasteiger charge is -2.05. The molecule has 3 heteroatoms. The van der Waals surface area contributed by atoms with Gasteiger partial charge in [-0.25, -0.2) is 13.2 Å². The molecular formula is C14H11F3. The predicted molar refractivity (Wildman–Crippen MR) is 62.1 cm³/mol. The zero-order valence-corrected chi connectivity index (χ0v) is 9.04. The zero-order chi connectivity index (χ0) is 12.3. The van der Waals surface area contributed by atoms with Crippen LogP contribution in [0.5, 0.6) is 0 Å². The molecule has 0 saturated carbocycles. The predicted octanol–water partition coefficient (Wildman–Crippen LogP) is 4.20. The second-order valence-electron chi connectivity index (χ2n) is 3.85. The molecule has 0 bridgehead atoms. The molecule has 1 aliphatic carbocycles. The van der Waals surface area contributed by atoms with Gasteiger partial charge >= 0.3 is 0 Å². The van der Waals surface area contributed by atoms with Crippen LogP contribution >= 0.6 is 0 Å². The molecule has 88 valence electrons. The fraction of sp³-hybridized carbons (Fsp3) is 0.143. The summed E-state index contributed by atoms with van der Waals surface area (Å²) in [6.07, 6.45) is 7.58. The van der Waals surface area contributed by atoms with Crippen LogP contribution in [0, 0.1) is 11.6 Å². The lowest BCUT2D eigenvalue weighted by Crippen LogP contribution is -1.97. The van der Waals surface area contributed by atoms with Crippen LogP contribution in [0.1, 0.15) is 12.0 Å². The zero-order valence-electron chi connectivity index (χ0n) is 9.04. The lowest BCUT2D eigenvalue weighted by atomic mass is 10.0. The van der Waals surface area contributed by atoms with Crippen LogP contribution in [-0.2, 0) is 0 Å². The minimum atomic E-state index is -0.932. The summed E-state index contributed by atoms with van der Waals surface area (Å²) in [4.78, 5) is 0. The van der Waals surface area contributed by atoms with Gasteiger partial charge in [0, 0.05) is 12.5 Å². The van der Waals surface area contributed by atoms with Crippen molar-refractivity contribution in [1.82, 2.24) is 0 Å². The minimum absolute atomic E-state index is 0.341. The Hall–Kier alpha value is -1.77.